The van der Waals surface area contributed by atoms with Crippen LogP contribution < -0.4 is 5.32 Å². The van der Waals surface area contributed by atoms with E-state index in [2.05, 4.69) is 10.2 Å². The van der Waals surface area contributed by atoms with Crippen LogP contribution in [0.3, 0.4) is 0 Å². The van der Waals surface area contributed by atoms with Gasteiger partial charge in [-0.2, -0.15) is 0 Å². The summed E-state index contributed by atoms with van der Waals surface area (Å²) in [4.78, 5) is 2.59. The van der Waals surface area contributed by atoms with Gasteiger partial charge >= 0.3 is 0 Å². The van der Waals surface area contributed by atoms with Gasteiger partial charge in [0.25, 0.3) is 0 Å². The Labute approximate surface area is 122 Å². The largest absolute Gasteiger partial charge is 0.390 e. The molecule has 116 valence electrons. The molecular weight excluding hydrogens is 252 g/mol. The molecule has 0 aromatic rings. The predicted molar refractivity (Wildman–Crippen MR) is 79.8 cm³/mol. The second kappa shape index (κ2) is 5.91. The summed E-state index contributed by atoms with van der Waals surface area (Å²) in [6.07, 6.45) is 6.88. The number of nitrogens with zero attached hydrogens (tertiary/aromatic N) is 1. The molecule has 0 radical (unpaired) electrons. The van der Waals surface area contributed by atoms with Crippen LogP contribution in [0.5, 0.6) is 0 Å². The molecule has 3 rings (SSSR count). The Morgan fingerprint density at radius 1 is 1.30 bits per heavy atom. The van der Waals surface area contributed by atoms with Crippen molar-refractivity contribution in [2.75, 3.05) is 46.4 Å². The SMILES string of the molecule is CNCC1(CN2CCC3(O)CCCCC3C2)CCOC1. The van der Waals surface area contributed by atoms with Gasteiger partial charge in [-0.05, 0) is 32.7 Å². The van der Waals surface area contributed by atoms with E-state index >= 15 is 0 Å². The molecule has 3 fully saturated rings. The van der Waals surface area contributed by atoms with Crippen molar-refractivity contribution < 1.29 is 9.84 Å². The standard InChI is InChI=1S/C16H30N2O2/c1-17-11-15(7-9-20-13-15)12-18-8-6-16(19)5-3-2-4-14(16)10-18/h14,17,19H,2-13H2,1H3. The molecule has 3 aliphatic rings. The first kappa shape index (κ1) is 14.8. The van der Waals surface area contributed by atoms with Crippen molar-refractivity contribution >= 4 is 0 Å². The fourth-order valence-electron chi connectivity index (χ4n) is 4.60. The fourth-order valence-corrected chi connectivity index (χ4v) is 4.60. The summed E-state index contributed by atoms with van der Waals surface area (Å²) in [5.74, 6) is 0.499. The lowest BCUT2D eigenvalue weighted by atomic mass is 9.71. The third-order valence-electron chi connectivity index (χ3n) is 5.81. The molecule has 2 aliphatic heterocycles. The smallest absolute Gasteiger partial charge is 0.0700 e. The van der Waals surface area contributed by atoms with Gasteiger partial charge in [-0.15, -0.1) is 0 Å². The lowest BCUT2D eigenvalue weighted by Gasteiger charge is -2.49. The van der Waals surface area contributed by atoms with Gasteiger partial charge in [-0.1, -0.05) is 12.8 Å². The van der Waals surface area contributed by atoms with E-state index in [1.54, 1.807) is 0 Å². The summed E-state index contributed by atoms with van der Waals surface area (Å²) >= 11 is 0. The molecule has 4 heteroatoms. The van der Waals surface area contributed by atoms with Gasteiger partial charge in [0.05, 0.1) is 12.2 Å². The highest BCUT2D eigenvalue weighted by Crippen LogP contribution is 2.41. The summed E-state index contributed by atoms with van der Waals surface area (Å²) < 4.78 is 5.66. The van der Waals surface area contributed by atoms with Crippen molar-refractivity contribution in [2.45, 2.75) is 44.1 Å². The zero-order chi connectivity index (χ0) is 14.1. The van der Waals surface area contributed by atoms with Crippen LogP contribution in [0, 0.1) is 11.3 Å². The highest BCUT2D eigenvalue weighted by atomic mass is 16.5. The Morgan fingerprint density at radius 3 is 2.95 bits per heavy atom. The monoisotopic (exact) mass is 282 g/mol. The average Bonchev–Trinajstić information content (AvgIpc) is 2.88. The Bertz CT molecular complexity index is 330. The number of piperidine rings is 1. The molecule has 3 atom stereocenters. The van der Waals surface area contributed by atoms with E-state index in [-0.39, 0.29) is 5.60 Å². The molecule has 2 saturated heterocycles. The molecule has 2 N–H and O–H groups in total. The summed E-state index contributed by atoms with van der Waals surface area (Å²) in [7, 11) is 2.04. The minimum atomic E-state index is -0.350. The van der Waals surface area contributed by atoms with Crippen molar-refractivity contribution in [3.63, 3.8) is 0 Å². The maximum atomic E-state index is 10.8. The van der Waals surface area contributed by atoms with E-state index in [1.165, 1.54) is 25.7 Å². The third-order valence-corrected chi connectivity index (χ3v) is 5.81. The molecule has 0 aromatic carbocycles. The minimum Gasteiger partial charge on any atom is -0.390 e. The number of fused-ring (bicyclic) bond motifs is 1. The lowest BCUT2D eigenvalue weighted by molar-refractivity contribution is -0.101. The molecule has 1 aliphatic carbocycles. The first-order valence-corrected chi connectivity index (χ1v) is 8.33. The van der Waals surface area contributed by atoms with Crippen LogP contribution in [-0.4, -0.2) is 62.0 Å². The lowest BCUT2D eigenvalue weighted by Crippen LogP contribution is -2.56. The van der Waals surface area contributed by atoms with E-state index in [0.717, 1.165) is 52.2 Å². The Kier molecular flexibility index (Phi) is 4.37. The van der Waals surface area contributed by atoms with E-state index in [4.69, 9.17) is 4.74 Å². The molecule has 3 unspecified atom stereocenters. The van der Waals surface area contributed by atoms with Gasteiger partial charge in [0.2, 0.25) is 0 Å². The average molecular weight is 282 g/mol. The molecule has 0 bridgehead atoms. The van der Waals surface area contributed by atoms with Crippen LogP contribution in [0.1, 0.15) is 38.5 Å². The number of hydrogen-bond acceptors (Lipinski definition) is 4. The zero-order valence-corrected chi connectivity index (χ0v) is 12.9. The van der Waals surface area contributed by atoms with Crippen LogP contribution in [0.4, 0.5) is 0 Å². The number of hydrogen-bond donors (Lipinski definition) is 2. The fraction of sp³-hybridized carbons (Fsp3) is 1.00. The Balaban J connectivity index is 1.61. The van der Waals surface area contributed by atoms with Gasteiger partial charge in [-0.25, -0.2) is 0 Å². The number of likely N-dealkylation sites (tertiary alicyclic amines) is 1. The number of aliphatic hydroxyl groups is 1. The molecule has 1 saturated carbocycles. The van der Waals surface area contributed by atoms with Crippen LogP contribution in [0.25, 0.3) is 0 Å². The van der Waals surface area contributed by atoms with Crippen molar-refractivity contribution in [1.82, 2.24) is 10.2 Å². The predicted octanol–water partition coefficient (Wildman–Crippen LogP) is 1.24. The number of ether oxygens (including phenoxy) is 1. The Morgan fingerprint density at radius 2 is 2.20 bits per heavy atom. The van der Waals surface area contributed by atoms with Crippen LogP contribution in [0.2, 0.25) is 0 Å². The first-order valence-electron chi connectivity index (χ1n) is 8.33. The van der Waals surface area contributed by atoms with E-state index < -0.39 is 0 Å². The van der Waals surface area contributed by atoms with Crippen LogP contribution >= 0.6 is 0 Å². The van der Waals surface area contributed by atoms with Crippen LogP contribution in [0.15, 0.2) is 0 Å². The normalized spacial score (nSPS) is 42.6. The first-order chi connectivity index (χ1) is 9.66. The van der Waals surface area contributed by atoms with E-state index in [0.29, 0.717) is 11.3 Å². The van der Waals surface area contributed by atoms with E-state index in [1.807, 2.05) is 7.05 Å². The molecular formula is C16H30N2O2. The maximum Gasteiger partial charge on any atom is 0.0700 e. The van der Waals surface area contributed by atoms with Gasteiger partial charge < -0.3 is 20.1 Å². The third kappa shape index (κ3) is 2.89. The molecule has 2 heterocycles. The number of rotatable bonds is 4. The van der Waals surface area contributed by atoms with Gasteiger partial charge in [0.1, 0.15) is 0 Å². The van der Waals surface area contributed by atoms with Crippen molar-refractivity contribution in [1.29, 1.82) is 0 Å². The van der Waals surface area contributed by atoms with Gasteiger partial charge in [0.15, 0.2) is 0 Å². The maximum absolute atomic E-state index is 10.8. The van der Waals surface area contributed by atoms with Crippen LogP contribution in [-0.2, 0) is 4.74 Å². The Hall–Kier alpha value is -0.160. The minimum absolute atomic E-state index is 0.291. The molecule has 0 aromatic heterocycles. The molecule has 0 spiro atoms. The molecule has 4 nitrogen and oxygen atoms in total. The summed E-state index contributed by atoms with van der Waals surface area (Å²) in [5.41, 5.74) is -0.0596. The quantitative estimate of drug-likeness (QED) is 0.814. The zero-order valence-electron chi connectivity index (χ0n) is 12.9. The molecule has 20 heavy (non-hydrogen) atoms. The van der Waals surface area contributed by atoms with Crippen molar-refractivity contribution in [3.05, 3.63) is 0 Å². The highest BCUT2D eigenvalue weighted by molar-refractivity contribution is 4.97. The molecule has 0 amide bonds. The summed E-state index contributed by atoms with van der Waals surface area (Å²) in [6.45, 7) is 6.10. The van der Waals surface area contributed by atoms with Gasteiger partial charge in [-0.3, -0.25) is 0 Å². The second-order valence-electron chi connectivity index (χ2n) is 7.36. The number of nitrogens with one attached hydrogen (secondary N) is 1. The van der Waals surface area contributed by atoms with Crippen molar-refractivity contribution in [2.24, 2.45) is 11.3 Å². The van der Waals surface area contributed by atoms with E-state index in [9.17, 15) is 5.11 Å². The summed E-state index contributed by atoms with van der Waals surface area (Å²) in [5, 5.41) is 14.1. The second-order valence-corrected chi connectivity index (χ2v) is 7.36. The topological polar surface area (TPSA) is 44.7 Å². The highest BCUT2D eigenvalue weighted by Gasteiger charge is 2.45. The van der Waals surface area contributed by atoms with Crippen molar-refractivity contribution in [3.8, 4) is 0 Å². The summed E-state index contributed by atoms with van der Waals surface area (Å²) in [6, 6.07) is 0. The van der Waals surface area contributed by atoms with Gasteiger partial charge in [0, 0.05) is 44.1 Å².